The molecule has 0 fully saturated rings. The summed E-state index contributed by atoms with van der Waals surface area (Å²) in [4.78, 5) is 11.7. The Bertz CT molecular complexity index is 657. The third-order valence-electron chi connectivity index (χ3n) is 2.14. The van der Waals surface area contributed by atoms with Gasteiger partial charge in [-0.15, -0.1) is 0 Å². The lowest BCUT2D eigenvalue weighted by atomic mass is 10.2. The lowest BCUT2D eigenvalue weighted by Crippen LogP contribution is -2.22. The number of nitrogens with zero attached hydrogens (tertiary/aromatic N) is 3. The quantitative estimate of drug-likeness (QED) is 0.645. The fourth-order valence-electron chi connectivity index (χ4n) is 1.24. The van der Waals surface area contributed by atoms with Crippen molar-refractivity contribution in [1.29, 1.82) is 0 Å². The summed E-state index contributed by atoms with van der Waals surface area (Å²) in [7, 11) is 0. The van der Waals surface area contributed by atoms with E-state index in [1.54, 1.807) is 13.1 Å². The second-order valence-corrected chi connectivity index (χ2v) is 3.77. The number of benzene rings is 1. The summed E-state index contributed by atoms with van der Waals surface area (Å²) >= 11 is 4.95. The molecule has 0 aliphatic rings. The Morgan fingerprint density at radius 3 is 2.82 bits per heavy atom. The van der Waals surface area contributed by atoms with E-state index in [0.29, 0.717) is 5.69 Å². The summed E-state index contributed by atoms with van der Waals surface area (Å²) in [6, 6.07) is 9.46. The monoisotopic (exact) mass is 246 g/mol. The average molecular weight is 246 g/mol. The van der Waals surface area contributed by atoms with Crippen molar-refractivity contribution in [3.63, 3.8) is 0 Å². The van der Waals surface area contributed by atoms with E-state index in [1.807, 2.05) is 30.3 Å². The van der Waals surface area contributed by atoms with Crippen LogP contribution >= 0.6 is 12.2 Å². The molecule has 0 radical (unpaired) electrons. The van der Waals surface area contributed by atoms with Crippen molar-refractivity contribution in [2.24, 2.45) is 5.10 Å². The van der Waals surface area contributed by atoms with Crippen LogP contribution in [0.3, 0.4) is 0 Å². The minimum Gasteiger partial charge on any atom is -0.265 e. The normalized spacial score (nSPS) is 10.9. The highest BCUT2D eigenvalue weighted by atomic mass is 32.1. The highest BCUT2D eigenvalue weighted by molar-refractivity contribution is 7.71. The van der Waals surface area contributed by atoms with Crippen LogP contribution in [0.25, 0.3) is 0 Å². The molecule has 1 N–H and O–H groups in total. The van der Waals surface area contributed by atoms with Gasteiger partial charge in [0.15, 0.2) is 0 Å². The first-order chi connectivity index (χ1) is 8.18. The molecule has 1 aromatic carbocycles. The fraction of sp³-hybridized carbons (Fsp3) is 0.0909. The first-order valence-electron chi connectivity index (χ1n) is 4.96. The van der Waals surface area contributed by atoms with Crippen LogP contribution < -0.4 is 5.56 Å². The number of aromatic nitrogens is 3. The van der Waals surface area contributed by atoms with Gasteiger partial charge in [-0.2, -0.15) is 14.9 Å². The van der Waals surface area contributed by atoms with Crippen molar-refractivity contribution in [3.8, 4) is 0 Å². The van der Waals surface area contributed by atoms with Crippen molar-refractivity contribution in [3.05, 3.63) is 56.7 Å². The van der Waals surface area contributed by atoms with Crippen LogP contribution in [0.1, 0.15) is 11.3 Å². The van der Waals surface area contributed by atoms with Crippen LogP contribution in [0.15, 0.2) is 40.2 Å². The zero-order valence-electron chi connectivity index (χ0n) is 9.12. The highest BCUT2D eigenvalue weighted by Gasteiger charge is 2.00. The number of hydrogen-bond donors (Lipinski definition) is 1. The van der Waals surface area contributed by atoms with Crippen LogP contribution in [0.2, 0.25) is 0 Å². The van der Waals surface area contributed by atoms with Crippen molar-refractivity contribution >= 4 is 18.4 Å². The molecule has 86 valence electrons. The van der Waals surface area contributed by atoms with Crippen LogP contribution in [0.4, 0.5) is 0 Å². The van der Waals surface area contributed by atoms with Gasteiger partial charge in [0.05, 0.1) is 6.21 Å². The van der Waals surface area contributed by atoms with E-state index in [0.717, 1.165) is 10.2 Å². The van der Waals surface area contributed by atoms with Gasteiger partial charge in [-0.3, -0.25) is 9.89 Å². The summed E-state index contributed by atoms with van der Waals surface area (Å²) in [5.41, 5.74) is 0.896. The Morgan fingerprint density at radius 1 is 1.41 bits per heavy atom. The summed E-state index contributed by atoms with van der Waals surface area (Å²) < 4.78 is 1.29. The van der Waals surface area contributed by atoms with Gasteiger partial charge in [-0.05, 0) is 24.7 Å². The van der Waals surface area contributed by atoms with E-state index < -0.39 is 0 Å². The van der Waals surface area contributed by atoms with Gasteiger partial charge in [-0.25, -0.2) is 0 Å². The third kappa shape index (κ3) is 2.54. The van der Waals surface area contributed by atoms with Crippen LogP contribution in [-0.2, 0) is 0 Å². The van der Waals surface area contributed by atoms with Crippen molar-refractivity contribution in [1.82, 2.24) is 14.9 Å². The topological polar surface area (TPSA) is 63.0 Å². The van der Waals surface area contributed by atoms with E-state index in [-0.39, 0.29) is 10.3 Å². The molecular formula is C11H10N4OS. The maximum Gasteiger partial charge on any atom is 0.296 e. The Hall–Kier alpha value is -2.08. The molecule has 0 atom stereocenters. The van der Waals surface area contributed by atoms with Crippen LogP contribution in [0.5, 0.6) is 0 Å². The summed E-state index contributed by atoms with van der Waals surface area (Å²) in [5.74, 6) is 0. The standard InChI is InChI=1S/C11H10N4OS/c1-8-10(16)15(11(17)14-13-8)12-7-9-5-3-2-4-6-9/h2-7H,1H3,(H,14,17). The predicted octanol–water partition coefficient (Wildman–Crippen LogP) is 1.49. The Morgan fingerprint density at radius 2 is 2.12 bits per heavy atom. The molecule has 0 aliphatic carbocycles. The summed E-state index contributed by atoms with van der Waals surface area (Å²) in [6.45, 7) is 1.60. The SMILES string of the molecule is Cc1n[nH]c(=S)n(N=Cc2ccccc2)c1=O. The van der Waals surface area contributed by atoms with Crippen molar-refractivity contribution in [2.75, 3.05) is 0 Å². The molecule has 17 heavy (non-hydrogen) atoms. The second-order valence-electron chi connectivity index (χ2n) is 3.39. The Balaban J connectivity index is 2.44. The number of aromatic amines is 1. The van der Waals surface area contributed by atoms with E-state index >= 15 is 0 Å². The van der Waals surface area contributed by atoms with Crippen LogP contribution in [-0.4, -0.2) is 21.1 Å². The Kier molecular flexibility index (Phi) is 3.24. The fourth-order valence-corrected chi connectivity index (χ4v) is 1.42. The molecule has 2 aromatic rings. The smallest absolute Gasteiger partial charge is 0.265 e. The van der Waals surface area contributed by atoms with Crippen molar-refractivity contribution < 1.29 is 0 Å². The average Bonchev–Trinajstić information content (AvgIpc) is 2.35. The number of H-pyrrole nitrogens is 1. The number of aryl methyl sites for hydroxylation is 1. The largest absolute Gasteiger partial charge is 0.296 e. The first-order valence-corrected chi connectivity index (χ1v) is 5.37. The molecular weight excluding hydrogens is 236 g/mol. The lowest BCUT2D eigenvalue weighted by Gasteiger charge is -1.98. The zero-order chi connectivity index (χ0) is 12.3. The van der Waals surface area contributed by atoms with Gasteiger partial charge in [0.1, 0.15) is 5.69 Å². The minimum absolute atomic E-state index is 0.174. The van der Waals surface area contributed by atoms with E-state index in [9.17, 15) is 4.79 Å². The molecule has 0 bridgehead atoms. The molecule has 1 heterocycles. The molecule has 0 spiro atoms. The van der Waals surface area contributed by atoms with Gasteiger partial charge in [0, 0.05) is 0 Å². The molecule has 5 nitrogen and oxygen atoms in total. The van der Waals surface area contributed by atoms with Gasteiger partial charge >= 0.3 is 0 Å². The molecule has 1 aromatic heterocycles. The number of nitrogens with one attached hydrogen (secondary N) is 1. The van der Waals surface area contributed by atoms with E-state index in [4.69, 9.17) is 12.2 Å². The molecule has 0 aliphatic heterocycles. The van der Waals surface area contributed by atoms with Gasteiger partial charge < -0.3 is 0 Å². The second kappa shape index (κ2) is 4.84. The summed E-state index contributed by atoms with van der Waals surface area (Å²) in [5, 5.41) is 10.4. The molecule has 0 unspecified atom stereocenters. The highest BCUT2D eigenvalue weighted by Crippen LogP contribution is 1.94. The maximum atomic E-state index is 11.7. The molecule has 0 saturated heterocycles. The zero-order valence-corrected chi connectivity index (χ0v) is 9.94. The Labute approximate surface area is 102 Å². The first kappa shape index (κ1) is 11.4. The van der Waals surface area contributed by atoms with E-state index in [2.05, 4.69) is 15.3 Å². The predicted molar refractivity (Wildman–Crippen MR) is 67.9 cm³/mol. The maximum absolute atomic E-state index is 11.7. The minimum atomic E-state index is -0.319. The third-order valence-corrected chi connectivity index (χ3v) is 2.40. The summed E-state index contributed by atoms with van der Waals surface area (Å²) in [6.07, 6.45) is 1.57. The van der Waals surface area contributed by atoms with Crippen molar-refractivity contribution in [2.45, 2.75) is 6.92 Å². The molecule has 0 saturated carbocycles. The van der Waals surface area contributed by atoms with Crippen LogP contribution in [0, 0.1) is 11.7 Å². The molecule has 2 rings (SSSR count). The number of hydrogen-bond acceptors (Lipinski definition) is 4. The number of rotatable bonds is 2. The van der Waals surface area contributed by atoms with Gasteiger partial charge in [0.25, 0.3) is 5.56 Å². The lowest BCUT2D eigenvalue weighted by molar-refractivity contribution is 0.720. The van der Waals surface area contributed by atoms with Gasteiger partial charge in [0.2, 0.25) is 4.77 Å². The molecule has 0 amide bonds. The molecule has 6 heteroatoms. The van der Waals surface area contributed by atoms with Gasteiger partial charge in [-0.1, -0.05) is 30.3 Å². The van der Waals surface area contributed by atoms with E-state index in [1.165, 1.54) is 0 Å².